The van der Waals surface area contributed by atoms with Crippen LogP contribution in [0.1, 0.15) is 52.3 Å². The fraction of sp³-hybridized carbons (Fsp3) is 0.417. The smallest absolute Gasteiger partial charge is 0.412 e. The number of fused-ring (bicyclic) bond motifs is 1. The van der Waals surface area contributed by atoms with Crippen LogP contribution in [0.5, 0.6) is 0 Å². The first-order chi connectivity index (χ1) is 15.5. The van der Waals surface area contributed by atoms with Crippen LogP contribution in [-0.4, -0.2) is 34.6 Å². The Morgan fingerprint density at radius 2 is 1.91 bits per heavy atom. The van der Waals surface area contributed by atoms with E-state index in [1.165, 1.54) is 10.6 Å². The molecule has 1 aromatic carbocycles. The molecule has 2 heterocycles. The topological polar surface area (TPSA) is 104 Å². The zero-order valence-corrected chi connectivity index (χ0v) is 19.8. The van der Waals surface area contributed by atoms with Crippen LogP contribution in [0.3, 0.4) is 0 Å². The maximum Gasteiger partial charge on any atom is 0.412 e. The molecule has 0 radical (unpaired) electrons. The van der Waals surface area contributed by atoms with E-state index in [1.807, 2.05) is 0 Å². The molecule has 176 valence electrons. The molecule has 0 fully saturated rings. The Balaban J connectivity index is 1.92. The van der Waals surface area contributed by atoms with Crippen molar-refractivity contribution >= 4 is 35.1 Å². The summed E-state index contributed by atoms with van der Waals surface area (Å²) in [6.07, 6.45) is -0.0778. The second-order valence-electron chi connectivity index (χ2n) is 8.76. The maximum absolute atomic E-state index is 13.0. The van der Waals surface area contributed by atoms with Crippen molar-refractivity contribution in [1.82, 2.24) is 4.57 Å². The van der Waals surface area contributed by atoms with Gasteiger partial charge in [0.05, 0.1) is 18.3 Å². The monoisotopic (exact) mass is 474 g/mol. The highest BCUT2D eigenvalue weighted by atomic mass is 35.5. The molecule has 0 bridgehead atoms. The molecule has 33 heavy (non-hydrogen) atoms. The molecule has 8 nitrogen and oxygen atoms in total. The number of pyridine rings is 1. The van der Waals surface area contributed by atoms with Gasteiger partial charge in [0.15, 0.2) is 5.78 Å². The van der Waals surface area contributed by atoms with Crippen LogP contribution in [0.15, 0.2) is 35.1 Å². The number of amides is 1. The zero-order valence-electron chi connectivity index (χ0n) is 19.1. The third-order valence-electron chi connectivity index (χ3n) is 5.06. The fourth-order valence-electron chi connectivity index (χ4n) is 3.81. The molecule has 1 amide bonds. The number of esters is 1. The summed E-state index contributed by atoms with van der Waals surface area (Å²) in [4.78, 5) is 49.6. The normalized spacial score (nSPS) is 15.0. The van der Waals surface area contributed by atoms with Gasteiger partial charge in [0.1, 0.15) is 12.0 Å². The Bertz CT molecular complexity index is 1150. The van der Waals surface area contributed by atoms with E-state index in [1.54, 1.807) is 52.0 Å². The number of nitrogens with zero attached hydrogens (tertiary/aromatic N) is 1. The van der Waals surface area contributed by atoms with Crippen molar-refractivity contribution in [1.29, 1.82) is 0 Å². The Labute approximate surface area is 196 Å². The number of hydrogen-bond acceptors (Lipinski definition) is 6. The van der Waals surface area contributed by atoms with E-state index in [4.69, 9.17) is 21.1 Å². The second kappa shape index (κ2) is 9.79. The molecular weight excluding hydrogens is 448 g/mol. The number of carbonyl (C=O) groups excluding carboxylic acids is 3. The molecule has 1 aromatic heterocycles. The van der Waals surface area contributed by atoms with E-state index < -0.39 is 23.7 Å². The van der Waals surface area contributed by atoms with Gasteiger partial charge in [-0.25, -0.2) is 4.79 Å². The van der Waals surface area contributed by atoms with Gasteiger partial charge >= 0.3 is 12.1 Å². The summed E-state index contributed by atoms with van der Waals surface area (Å²) in [5.74, 6) is -0.950. The van der Waals surface area contributed by atoms with E-state index in [-0.39, 0.29) is 24.4 Å². The Morgan fingerprint density at radius 1 is 1.18 bits per heavy atom. The molecule has 2 aromatic rings. The minimum Gasteiger partial charge on any atom is -0.466 e. The largest absolute Gasteiger partial charge is 0.466 e. The quantitative estimate of drug-likeness (QED) is 0.487. The summed E-state index contributed by atoms with van der Waals surface area (Å²) >= 11 is 6.19. The molecule has 0 spiro atoms. The lowest BCUT2D eigenvalue weighted by Gasteiger charge is -2.21. The average Bonchev–Trinajstić information content (AvgIpc) is 3.13. The third-order valence-corrected chi connectivity index (χ3v) is 5.29. The Hall–Kier alpha value is -3.13. The van der Waals surface area contributed by atoms with Gasteiger partial charge < -0.3 is 14.0 Å². The van der Waals surface area contributed by atoms with Crippen LogP contribution in [0.25, 0.3) is 11.1 Å². The van der Waals surface area contributed by atoms with Crippen molar-refractivity contribution in [2.45, 2.75) is 58.6 Å². The highest BCUT2D eigenvalue weighted by molar-refractivity contribution is 6.31. The van der Waals surface area contributed by atoms with Crippen molar-refractivity contribution in [3.05, 3.63) is 51.4 Å². The molecule has 0 saturated heterocycles. The predicted octanol–water partition coefficient (Wildman–Crippen LogP) is 4.53. The lowest BCUT2D eigenvalue weighted by Crippen LogP contribution is -2.29. The lowest BCUT2D eigenvalue weighted by atomic mass is 10.0. The van der Waals surface area contributed by atoms with E-state index in [0.717, 1.165) is 0 Å². The number of Topliss-reactive ketones (excluding diaryl/α,β-unsaturated/α-hetero) is 1. The van der Waals surface area contributed by atoms with E-state index in [2.05, 4.69) is 5.32 Å². The van der Waals surface area contributed by atoms with Crippen molar-refractivity contribution in [3.63, 3.8) is 0 Å². The van der Waals surface area contributed by atoms with Gasteiger partial charge in [-0.2, -0.15) is 0 Å². The molecule has 1 N–H and O–H groups in total. The van der Waals surface area contributed by atoms with Crippen LogP contribution < -0.4 is 10.9 Å². The number of carbonyl (C=O) groups is 3. The maximum atomic E-state index is 13.0. The average molecular weight is 475 g/mol. The standard InChI is InChI=1S/C24H27ClN2O6/c1-5-32-22(30)13-20(28)19-9-7-16-10-14(11-21(29)27(16)19)17-12-15(25)6-8-18(17)26-23(31)33-24(2,3)4/h6,8,10-12,19H,5,7,9,13H2,1-4H3,(H,26,31). The minimum atomic E-state index is -0.704. The van der Waals surface area contributed by atoms with Gasteiger partial charge in [-0.05, 0) is 70.4 Å². The van der Waals surface area contributed by atoms with Crippen LogP contribution in [0, 0.1) is 0 Å². The Kier molecular flexibility index (Phi) is 7.27. The molecule has 9 heteroatoms. The van der Waals surface area contributed by atoms with Gasteiger partial charge in [0.2, 0.25) is 0 Å². The summed E-state index contributed by atoms with van der Waals surface area (Å²) in [6.45, 7) is 7.14. The number of halogens is 1. The molecule has 0 aliphatic carbocycles. The Morgan fingerprint density at radius 3 is 2.58 bits per heavy atom. The molecule has 1 atom stereocenters. The molecule has 0 saturated carbocycles. The summed E-state index contributed by atoms with van der Waals surface area (Å²) in [5.41, 5.74) is 1.17. The number of aryl methyl sites for hydroxylation is 1. The first-order valence-corrected chi connectivity index (χ1v) is 11.1. The number of benzene rings is 1. The second-order valence-corrected chi connectivity index (χ2v) is 9.20. The van der Waals surface area contributed by atoms with Gasteiger partial charge in [0, 0.05) is 22.3 Å². The van der Waals surface area contributed by atoms with Gasteiger partial charge in [-0.15, -0.1) is 0 Å². The van der Waals surface area contributed by atoms with Crippen molar-refractivity contribution < 1.29 is 23.9 Å². The molecular formula is C24H27ClN2O6. The first-order valence-electron chi connectivity index (χ1n) is 10.7. The van der Waals surface area contributed by atoms with Crippen LogP contribution in [0.2, 0.25) is 5.02 Å². The summed E-state index contributed by atoms with van der Waals surface area (Å²) in [7, 11) is 0. The molecule has 1 unspecified atom stereocenters. The van der Waals surface area contributed by atoms with Crippen LogP contribution in [-0.2, 0) is 25.5 Å². The van der Waals surface area contributed by atoms with Crippen LogP contribution in [0.4, 0.5) is 10.5 Å². The number of rotatable bonds is 6. The first kappa shape index (κ1) is 24.5. The molecule has 1 aliphatic rings. The number of nitrogens with one attached hydrogen (secondary N) is 1. The minimum absolute atomic E-state index is 0.190. The number of ketones is 1. The summed E-state index contributed by atoms with van der Waals surface area (Å²) < 4.78 is 11.6. The van der Waals surface area contributed by atoms with Gasteiger partial charge in [-0.3, -0.25) is 19.7 Å². The van der Waals surface area contributed by atoms with Crippen LogP contribution >= 0.6 is 11.6 Å². The predicted molar refractivity (Wildman–Crippen MR) is 125 cm³/mol. The molecule has 1 aliphatic heterocycles. The van der Waals surface area contributed by atoms with E-state index in [0.29, 0.717) is 40.4 Å². The zero-order chi connectivity index (χ0) is 24.3. The van der Waals surface area contributed by atoms with Crippen molar-refractivity contribution in [3.8, 4) is 11.1 Å². The summed E-state index contributed by atoms with van der Waals surface area (Å²) in [5, 5.41) is 3.14. The lowest BCUT2D eigenvalue weighted by molar-refractivity contribution is -0.146. The highest BCUT2D eigenvalue weighted by Gasteiger charge is 2.31. The number of ether oxygens (including phenoxy) is 2. The molecule has 3 rings (SSSR count). The van der Waals surface area contributed by atoms with Crippen molar-refractivity contribution in [2.75, 3.05) is 11.9 Å². The van der Waals surface area contributed by atoms with E-state index in [9.17, 15) is 19.2 Å². The SMILES string of the molecule is CCOC(=O)CC(=O)C1CCc2cc(-c3cc(Cl)ccc3NC(=O)OC(C)(C)C)cc(=O)n21. The van der Waals surface area contributed by atoms with E-state index >= 15 is 0 Å². The van der Waals surface area contributed by atoms with Gasteiger partial charge in [-0.1, -0.05) is 11.6 Å². The summed E-state index contributed by atoms with van der Waals surface area (Å²) in [6, 6.07) is 7.40. The fourth-order valence-corrected chi connectivity index (χ4v) is 3.98. The van der Waals surface area contributed by atoms with Gasteiger partial charge in [0.25, 0.3) is 5.56 Å². The highest BCUT2D eigenvalue weighted by Crippen LogP contribution is 2.34. The third kappa shape index (κ3) is 6.01. The number of anilines is 1. The number of aromatic nitrogens is 1. The number of hydrogen-bond donors (Lipinski definition) is 1. The van der Waals surface area contributed by atoms with Crippen molar-refractivity contribution in [2.24, 2.45) is 0 Å².